The molecule has 6 nitrogen and oxygen atoms in total. The van der Waals surface area contributed by atoms with E-state index in [4.69, 9.17) is 4.74 Å². The number of nitrogens with zero attached hydrogens (tertiary/aromatic N) is 2. The normalized spacial score (nSPS) is 15.8. The lowest BCUT2D eigenvalue weighted by molar-refractivity contribution is -0.148. The largest absolute Gasteiger partial charge is 0.468 e. The smallest absolute Gasteiger partial charge is 0.327 e. The third kappa shape index (κ3) is 4.64. The zero-order valence-corrected chi connectivity index (χ0v) is 15.4. The summed E-state index contributed by atoms with van der Waals surface area (Å²) in [7, 11) is 1.31. The van der Waals surface area contributed by atoms with Crippen LogP contribution in [0.1, 0.15) is 11.6 Å². The second-order valence-corrected chi connectivity index (χ2v) is 6.44. The van der Waals surface area contributed by atoms with E-state index in [1.54, 1.807) is 17.0 Å². The summed E-state index contributed by atoms with van der Waals surface area (Å²) in [4.78, 5) is 28.2. The van der Waals surface area contributed by atoms with Crippen molar-refractivity contribution in [3.8, 4) is 0 Å². The molecule has 0 spiro atoms. The number of anilines is 1. The molecule has 1 heterocycles. The van der Waals surface area contributed by atoms with Gasteiger partial charge in [-0.05, 0) is 42.0 Å². The van der Waals surface area contributed by atoms with Crippen LogP contribution in [0.3, 0.4) is 0 Å². The van der Waals surface area contributed by atoms with Gasteiger partial charge in [0.25, 0.3) is 0 Å². The maximum Gasteiger partial charge on any atom is 0.327 e. The number of piperazine rings is 1. The van der Waals surface area contributed by atoms with Gasteiger partial charge in [-0.1, -0.05) is 12.1 Å². The van der Waals surface area contributed by atoms with E-state index in [1.807, 2.05) is 4.90 Å². The van der Waals surface area contributed by atoms with E-state index >= 15 is 0 Å². The maximum atomic E-state index is 13.2. The first-order valence-electron chi connectivity index (χ1n) is 8.87. The number of amides is 2. The van der Waals surface area contributed by atoms with Crippen LogP contribution in [0.15, 0.2) is 48.5 Å². The van der Waals surface area contributed by atoms with Crippen LogP contribution in [-0.4, -0.2) is 55.1 Å². The minimum absolute atomic E-state index is 0.289. The topological polar surface area (TPSA) is 61.9 Å². The molecular formula is C20H21F2N3O3. The molecule has 2 aromatic carbocycles. The molecule has 0 aliphatic carbocycles. The Labute approximate surface area is 161 Å². The van der Waals surface area contributed by atoms with Gasteiger partial charge in [-0.25, -0.2) is 18.4 Å². The molecule has 0 radical (unpaired) electrons. The van der Waals surface area contributed by atoms with Gasteiger partial charge in [0.05, 0.1) is 7.11 Å². The number of carbonyl (C=O) groups is 2. The van der Waals surface area contributed by atoms with Gasteiger partial charge >= 0.3 is 12.0 Å². The summed E-state index contributed by atoms with van der Waals surface area (Å²) in [5, 5.41) is 2.72. The fraction of sp³-hybridized carbons (Fsp3) is 0.300. The Kier molecular flexibility index (Phi) is 6.20. The zero-order valence-electron chi connectivity index (χ0n) is 15.4. The van der Waals surface area contributed by atoms with Crippen molar-refractivity contribution in [3.63, 3.8) is 0 Å². The highest BCUT2D eigenvalue weighted by Crippen LogP contribution is 2.24. The molecule has 0 aromatic heterocycles. The lowest BCUT2D eigenvalue weighted by Crippen LogP contribution is -2.52. The molecule has 1 saturated heterocycles. The molecule has 8 heteroatoms. The average Bonchev–Trinajstić information content (AvgIpc) is 2.71. The Morgan fingerprint density at radius 1 is 0.929 bits per heavy atom. The van der Waals surface area contributed by atoms with E-state index in [1.165, 1.54) is 43.5 Å². The number of benzene rings is 2. The Morgan fingerprint density at radius 2 is 1.46 bits per heavy atom. The maximum absolute atomic E-state index is 13.2. The van der Waals surface area contributed by atoms with Crippen molar-refractivity contribution in [2.45, 2.75) is 6.04 Å². The molecule has 2 aromatic rings. The Bertz CT molecular complexity index is 820. The van der Waals surface area contributed by atoms with Crippen LogP contribution < -0.4 is 5.32 Å². The molecule has 1 N–H and O–H groups in total. The van der Waals surface area contributed by atoms with Crippen molar-refractivity contribution in [1.82, 2.24) is 9.80 Å². The molecule has 1 aliphatic rings. The van der Waals surface area contributed by atoms with Gasteiger partial charge in [-0.15, -0.1) is 0 Å². The number of halogens is 2. The van der Waals surface area contributed by atoms with Crippen LogP contribution >= 0.6 is 0 Å². The average molecular weight is 389 g/mol. The van der Waals surface area contributed by atoms with E-state index in [2.05, 4.69) is 5.32 Å². The fourth-order valence-electron chi connectivity index (χ4n) is 3.17. The quantitative estimate of drug-likeness (QED) is 0.817. The standard InChI is InChI=1S/C20H21F2N3O3/c1-28-19(26)18(14-2-4-15(21)5-3-14)24-10-12-25(13-11-24)20(27)23-17-8-6-16(22)7-9-17/h2-9,18H,10-13H2,1H3,(H,23,27)/t18-/m0/s1. The van der Waals surface area contributed by atoms with Crippen molar-refractivity contribution in [2.24, 2.45) is 0 Å². The fourth-order valence-corrected chi connectivity index (χ4v) is 3.17. The summed E-state index contributed by atoms with van der Waals surface area (Å²) in [5.74, 6) is -1.19. The molecule has 148 valence electrons. The molecule has 2 amide bonds. The zero-order chi connectivity index (χ0) is 20.1. The van der Waals surface area contributed by atoms with Crippen molar-refractivity contribution in [2.75, 3.05) is 38.6 Å². The van der Waals surface area contributed by atoms with Gasteiger partial charge in [-0.3, -0.25) is 4.90 Å². The Morgan fingerprint density at radius 3 is 2.00 bits per heavy atom. The Balaban J connectivity index is 1.63. The van der Waals surface area contributed by atoms with Gasteiger partial charge in [0, 0.05) is 31.9 Å². The van der Waals surface area contributed by atoms with Crippen LogP contribution in [0, 0.1) is 11.6 Å². The number of esters is 1. The molecule has 1 fully saturated rings. The summed E-state index contributed by atoms with van der Waals surface area (Å²) in [6.45, 7) is 1.71. The van der Waals surface area contributed by atoms with E-state index in [0.29, 0.717) is 37.4 Å². The van der Waals surface area contributed by atoms with E-state index < -0.39 is 12.0 Å². The summed E-state index contributed by atoms with van der Waals surface area (Å²) in [5.41, 5.74) is 1.14. The molecular weight excluding hydrogens is 368 g/mol. The third-order valence-corrected chi connectivity index (χ3v) is 4.67. The van der Waals surface area contributed by atoms with E-state index in [0.717, 1.165) is 0 Å². The monoisotopic (exact) mass is 389 g/mol. The predicted molar refractivity (Wildman–Crippen MR) is 99.7 cm³/mol. The van der Waals surface area contributed by atoms with Gasteiger partial charge in [-0.2, -0.15) is 0 Å². The first-order chi connectivity index (χ1) is 13.5. The highest BCUT2D eigenvalue weighted by atomic mass is 19.1. The summed E-state index contributed by atoms with van der Waals surface area (Å²) < 4.78 is 31.1. The number of urea groups is 1. The number of nitrogens with one attached hydrogen (secondary N) is 1. The second-order valence-electron chi connectivity index (χ2n) is 6.44. The lowest BCUT2D eigenvalue weighted by atomic mass is 10.0. The second kappa shape index (κ2) is 8.79. The SMILES string of the molecule is COC(=O)[C@H](c1ccc(F)cc1)N1CCN(C(=O)Nc2ccc(F)cc2)CC1. The Hall–Kier alpha value is -3.00. The number of hydrogen-bond donors (Lipinski definition) is 1. The van der Waals surface area contributed by atoms with Crippen molar-refractivity contribution < 1.29 is 23.1 Å². The minimum atomic E-state index is -0.659. The lowest BCUT2D eigenvalue weighted by Gasteiger charge is -2.38. The van der Waals surface area contributed by atoms with Crippen molar-refractivity contribution in [3.05, 3.63) is 65.7 Å². The summed E-state index contributed by atoms with van der Waals surface area (Å²) >= 11 is 0. The molecule has 1 atom stereocenters. The van der Waals surface area contributed by atoms with Crippen LogP contribution in [-0.2, 0) is 9.53 Å². The van der Waals surface area contributed by atoms with Gasteiger partial charge in [0.15, 0.2) is 0 Å². The number of methoxy groups -OCH3 is 1. The van der Waals surface area contributed by atoms with Crippen LogP contribution in [0.4, 0.5) is 19.3 Å². The summed E-state index contributed by atoms with van der Waals surface area (Å²) in [6, 6.07) is 10.3. The van der Waals surface area contributed by atoms with Crippen LogP contribution in [0.5, 0.6) is 0 Å². The molecule has 1 aliphatic heterocycles. The molecule has 28 heavy (non-hydrogen) atoms. The highest BCUT2D eigenvalue weighted by molar-refractivity contribution is 5.89. The summed E-state index contributed by atoms with van der Waals surface area (Å²) in [6.07, 6.45) is 0. The first kappa shape index (κ1) is 19.8. The number of ether oxygens (including phenoxy) is 1. The van der Waals surface area contributed by atoms with Crippen molar-refractivity contribution in [1.29, 1.82) is 0 Å². The van der Waals surface area contributed by atoms with E-state index in [9.17, 15) is 18.4 Å². The molecule has 0 unspecified atom stereocenters. The minimum Gasteiger partial charge on any atom is -0.468 e. The first-order valence-corrected chi connectivity index (χ1v) is 8.87. The number of rotatable bonds is 4. The van der Waals surface area contributed by atoms with Gasteiger partial charge < -0.3 is 15.0 Å². The van der Waals surface area contributed by atoms with Gasteiger partial charge in [0.2, 0.25) is 0 Å². The predicted octanol–water partition coefficient (Wildman–Crippen LogP) is 3.03. The highest BCUT2D eigenvalue weighted by Gasteiger charge is 2.32. The van der Waals surface area contributed by atoms with Crippen molar-refractivity contribution >= 4 is 17.7 Å². The number of hydrogen-bond acceptors (Lipinski definition) is 4. The number of carbonyl (C=O) groups excluding carboxylic acids is 2. The van der Waals surface area contributed by atoms with Crippen LogP contribution in [0.25, 0.3) is 0 Å². The third-order valence-electron chi connectivity index (χ3n) is 4.67. The molecule has 0 saturated carbocycles. The van der Waals surface area contributed by atoms with Crippen LogP contribution in [0.2, 0.25) is 0 Å². The van der Waals surface area contributed by atoms with E-state index in [-0.39, 0.29) is 17.7 Å². The molecule has 3 rings (SSSR count). The molecule has 0 bridgehead atoms. The van der Waals surface area contributed by atoms with Gasteiger partial charge in [0.1, 0.15) is 17.7 Å².